The summed E-state index contributed by atoms with van der Waals surface area (Å²) in [7, 11) is 0. The molecule has 0 aliphatic heterocycles. The van der Waals surface area contributed by atoms with Crippen LogP contribution in [0.1, 0.15) is 48.7 Å². The maximum Gasteiger partial charge on any atom is 0.436 e. The van der Waals surface area contributed by atoms with Crippen LogP contribution in [0.15, 0.2) is 46.9 Å². The Hall–Kier alpha value is -3.41. The molecule has 0 spiro atoms. The molecule has 35 heavy (non-hydrogen) atoms. The maximum atomic E-state index is 13.4. The molecule has 12 heteroatoms. The summed E-state index contributed by atoms with van der Waals surface area (Å²) in [6, 6.07) is 9.67. The minimum atomic E-state index is -4.69. The minimum Gasteiger partial charge on any atom is -0.457 e. The molecular weight excluding hydrogens is 533 g/mol. The number of rotatable bonds is 7. The highest BCUT2D eigenvalue weighted by Crippen LogP contribution is 2.47. The van der Waals surface area contributed by atoms with E-state index in [0.29, 0.717) is 24.3 Å². The fourth-order valence-corrected chi connectivity index (χ4v) is 4.36. The number of carbonyl (C=O) groups is 1. The van der Waals surface area contributed by atoms with E-state index < -0.39 is 28.7 Å². The molecule has 1 aromatic heterocycles. The first-order valence-electron chi connectivity index (χ1n) is 10.6. The van der Waals surface area contributed by atoms with Gasteiger partial charge in [-0.25, -0.2) is 0 Å². The van der Waals surface area contributed by atoms with Crippen LogP contribution < -0.4 is 10.1 Å². The quantitative estimate of drug-likeness (QED) is 0.258. The van der Waals surface area contributed by atoms with Gasteiger partial charge in [0.05, 0.1) is 26.8 Å². The molecule has 1 unspecified atom stereocenters. The average molecular weight is 553 g/mol. The van der Waals surface area contributed by atoms with E-state index in [-0.39, 0.29) is 27.5 Å². The van der Waals surface area contributed by atoms with Crippen LogP contribution in [0.25, 0.3) is 0 Å². The molecule has 2 aromatic carbocycles. The minimum absolute atomic E-state index is 0.0633. The second kappa shape index (κ2) is 9.33. The molecule has 8 nitrogen and oxygen atoms in total. The van der Waals surface area contributed by atoms with E-state index >= 15 is 0 Å². The molecule has 4 rings (SSSR count). The zero-order valence-electron chi connectivity index (χ0n) is 18.6. The summed E-state index contributed by atoms with van der Waals surface area (Å²) < 4.78 is 46.9. The number of hydrogen-bond donors (Lipinski definition) is 1. The van der Waals surface area contributed by atoms with Gasteiger partial charge in [-0.2, -0.15) is 18.3 Å². The van der Waals surface area contributed by atoms with Crippen molar-refractivity contribution in [1.82, 2.24) is 9.78 Å². The first-order chi connectivity index (χ1) is 16.4. The summed E-state index contributed by atoms with van der Waals surface area (Å²) in [5, 5.41) is 17.6. The van der Waals surface area contributed by atoms with Gasteiger partial charge in [0.25, 0.3) is 5.69 Å². The number of aryl methyl sites for hydroxylation is 1. The lowest BCUT2D eigenvalue weighted by Crippen LogP contribution is -2.26. The maximum absolute atomic E-state index is 13.4. The predicted octanol–water partition coefficient (Wildman–Crippen LogP) is 6.75. The summed E-state index contributed by atoms with van der Waals surface area (Å²) >= 11 is 3.01. The molecule has 1 saturated carbocycles. The molecule has 1 aliphatic carbocycles. The number of ether oxygens (including phenoxy) is 1. The Labute approximate surface area is 206 Å². The predicted molar refractivity (Wildman–Crippen MR) is 125 cm³/mol. The van der Waals surface area contributed by atoms with Gasteiger partial charge in [-0.05, 0) is 54.8 Å². The Kier molecular flexibility index (Phi) is 6.58. The summed E-state index contributed by atoms with van der Waals surface area (Å²) in [4.78, 5) is 23.8. The number of nitro benzene ring substituents is 1. The topological polar surface area (TPSA) is 99.3 Å². The number of carbonyl (C=O) groups excluding carboxylic acids is 1. The molecule has 1 aliphatic rings. The number of aromatic nitrogens is 2. The molecule has 3 aromatic rings. The molecule has 0 saturated heterocycles. The fourth-order valence-electron chi connectivity index (χ4n) is 3.55. The summed E-state index contributed by atoms with van der Waals surface area (Å²) in [5.74, 6) is -0.254. The molecule has 1 amide bonds. The van der Waals surface area contributed by atoms with Crippen molar-refractivity contribution in [2.45, 2.75) is 44.8 Å². The van der Waals surface area contributed by atoms with Gasteiger partial charge in [-0.15, -0.1) is 0 Å². The van der Waals surface area contributed by atoms with Gasteiger partial charge in [0, 0.05) is 18.1 Å². The molecule has 1 fully saturated rings. The lowest BCUT2D eigenvalue weighted by molar-refractivity contribution is -0.384. The van der Waals surface area contributed by atoms with Crippen molar-refractivity contribution in [3.63, 3.8) is 0 Å². The van der Waals surface area contributed by atoms with Gasteiger partial charge < -0.3 is 10.1 Å². The van der Waals surface area contributed by atoms with E-state index in [0.717, 1.165) is 16.3 Å². The van der Waals surface area contributed by atoms with Crippen LogP contribution in [0.4, 0.5) is 24.5 Å². The van der Waals surface area contributed by atoms with Crippen LogP contribution in [0.3, 0.4) is 0 Å². The van der Waals surface area contributed by atoms with Crippen molar-refractivity contribution >= 4 is 33.2 Å². The van der Waals surface area contributed by atoms with E-state index in [1.54, 1.807) is 12.1 Å². The highest BCUT2D eigenvalue weighted by atomic mass is 79.9. The number of anilines is 1. The number of alkyl halides is 3. The third-order valence-corrected chi connectivity index (χ3v) is 6.27. The smallest absolute Gasteiger partial charge is 0.436 e. The third-order valence-electron chi connectivity index (χ3n) is 5.49. The number of nitro groups is 1. The lowest BCUT2D eigenvalue weighted by atomic mass is 10.2. The van der Waals surface area contributed by atoms with Gasteiger partial charge >= 0.3 is 6.18 Å². The monoisotopic (exact) mass is 552 g/mol. The Morgan fingerprint density at radius 2 is 1.89 bits per heavy atom. The number of nitrogens with zero attached hydrogens (tertiary/aromatic N) is 3. The normalized spacial score (nSPS) is 14.5. The first-order valence-corrected chi connectivity index (χ1v) is 11.4. The Balaban J connectivity index is 1.61. The van der Waals surface area contributed by atoms with Crippen molar-refractivity contribution < 1.29 is 27.6 Å². The third kappa shape index (κ3) is 5.47. The van der Waals surface area contributed by atoms with Gasteiger partial charge in [-0.3, -0.25) is 19.6 Å². The van der Waals surface area contributed by atoms with E-state index in [1.165, 1.54) is 19.1 Å². The van der Waals surface area contributed by atoms with Gasteiger partial charge in [-0.1, -0.05) is 17.7 Å². The highest BCUT2D eigenvalue weighted by molar-refractivity contribution is 9.10. The number of nitrogens with one attached hydrogen (secondary N) is 1. The standard InChI is InChI=1S/C23H20BrF3N4O4/c1-12-3-7-17(8-4-12)35-18-10-15(9-16(11-18)31(33)34)28-22(32)13(2)30-20(14-5-6-14)19(24)21(29-30)23(25,26)27/h3-4,7-11,13-14H,5-6H2,1-2H3,(H,28,32). The summed E-state index contributed by atoms with van der Waals surface area (Å²) in [6.07, 6.45) is -3.30. The first kappa shape index (κ1) is 24.7. The van der Waals surface area contributed by atoms with E-state index in [2.05, 4.69) is 26.3 Å². The Bertz CT molecular complexity index is 1290. The van der Waals surface area contributed by atoms with Crippen LogP contribution in [0.5, 0.6) is 11.5 Å². The van der Waals surface area contributed by atoms with E-state index in [1.807, 2.05) is 19.1 Å². The molecule has 184 valence electrons. The van der Waals surface area contributed by atoms with Crippen LogP contribution in [-0.4, -0.2) is 20.6 Å². The van der Waals surface area contributed by atoms with Crippen molar-refractivity contribution in [3.05, 3.63) is 74.0 Å². The van der Waals surface area contributed by atoms with E-state index in [4.69, 9.17) is 4.74 Å². The van der Waals surface area contributed by atoms with Gasteiger partial charge in [0.15, 0.2) is 5.69 Å². The van der Waals surface area contributed by atoms with Crippen LogP contribution in [0.2, 0.25) is 0 Å². The molecule has 1 heterocycles. The SMILES string of the molecule is Cc1ccc(Oc2cc(NC(=O)C(C)n3nc(C(F)(F)F)c(Br)c3C3CC3)cc([N+](=O)[O-])c2)cc1. The summed E-state index contributed by atoms with van der Waals surface area (Å²) in [5.41, 5.74) is -0.0424. The molecule has 1 N–H and O–H groups in total. The molecule has 1 atom stereocenters. The number of benzene rings is 2. The fraction of sp³-hybridized carbons (Fsp3) is 0.304. The lowest BCUT2D eigenvalue weighted by Gasteiger charge is -2.16. The molecular formula is C23H20BrF3N4O4. The zero-order chi connectivity index (χ0) is 25.5. The largest absolute Gasteiger partial charge is 0.457 e. The zero-order valence-corrected chi connectivity index (χ0v) is 20.2. The van der Waals surface area contributed by atoms with Gasteiger partial charge in [0.1, 0.15) is 17.5 Å². The van der Waals surface area contributed by atoms with Crippen LogP contribution >= 0.6 is 15.9 Å². The highest BCUT2D eigenvalue weighted by Gasteiger charge is 2.43. The second-order valence-electron chi connectivity index (χ2n) is 8.32. The van der Waals surface area contributed by atoms with Crippen molar-refractivity contribution in [3.8, 4) is 11.5 Å². The van der Waals surface area contributed by atoms with Crippen LogP contribution in [0, 0.1) is 17.0 Å². The average Bonchev–Trinajstić information content (AvgIpc) is 3.55. The number of amides is 1. The summed E-state index contributed by atoms with van der Waals surface area (Å²) in [6.45, 7) is 3.32. The Morgan fingerprint density at radius 3 is 2.46 bits per heavy atom. The number of hydrogen-bond acceptors (Lipinski definition) is 5. The van der Waals surface area contributed by atoms with E-state index in [9.17, 15) is 28.1 Å². The molecule has 0 bridgehead atoms. The van der Waals surface area contributed by atoms with Crippen molar-refractivity contribution in [1.29, 1.82) is 0 Å². The van der Waals surface area contributed by atoms with Crippen LogP contribution in [-0.2, 0) is 11.0 Å². The van der Waals surface area contributed by atoms with Gasteiger partial charge in [0.2, 0.25) is 5.91 Å². The number of halogens is 4. The molecule has 0 radical (unpaired) electrons. The second-order valence-corrected chi connectivity index (χ2v) is 9.11. The van der Waals surface area contributed by atoms with Crippen molar-refractivity contribution in [2.24, 2.45) is 0 Å². The Morgan fingerprint density at radius 1 is 1.23 bits per heavy atom. The van der Waals surface area contributed by atoms with Crippen molar-refractivity contribution in [2.75, 3.05) is 5.32 Å². The number of non-ortho nitro benzene ring substituents is 1.